The van der Waals surface area contributed by atoms with E-state index < -0.39 is 0 Å². The first-order chi connectivity index (χ1) is 9.61. The zero-order valence-electron chi connectivity index (χ0n) is 11.0. The zero-order chi connectivity index (χ0) is 14.5. The molecule has 1 aromatic rings. The second-order valence-corrected chi connectivity index (χ2v) is 6.53. The van der Waals surface area contributed by atoms with E-state index in [-0.39, 0.29) is 25.2 Å². The molecule has 0 atom stereocenters. The quantitative estimate of drug-likeness (QED) is 0.789. The molecular weight excluding hydrogens is 390 g/mol. The van der Waals surface area contributed by atoms with E-state index in [2.05, 4.69) is 31.9 Å². The van der Waals surface area contributed by atoms with Crippen molar-refractivity contribution in [3.05, 3.63) is 27.1 Å². The summed E-state index contributed by atoms with van der Waals surface area (Å²) in [4.78, 5) is 13.9. The lowest BCUT2D eigenvalue weighted by Crippen LogP contribution is -2.47. The first-order valence-corrected chi connectivity index (χ1v) is 8.18. The first-order valence-electron chi connectivity index (χ1n) is 6.60. The highest BCUT2D eigenvalue weighted by Gasteiger charge is 2.28. The molecule has 0 heterocycles. The van der Waals surface area contributed by atoms with Crippen LogP contribution in [0.5, 0.6) is 5.75 Å². The van der Waals surface area contributed by atoms with Crippen LogP contribution in [0.1, 0.15) is 19.3 Å². The fraction of sp³-hybridized carbons (Fsp3) is 0.500. The third-order valence-corrected chi connectivity index (χ3v) is 4.53. The molecule has 1 amide bonds. The van der Waals surface area contributed by atoms with Gasteiger partial charge in [-0.15, -0.1) is 0 Å². The van der Waals surface area contributed by atoms with Crippen molar-refractivity contribution in [1.82, 2.24) is 4.90 Å². The molecule has 1 saturated carbocycles. The number of hydrogen-bond acceptors (Lipinski definition) is 3. The van der Waals surface area contributed by atoms with Crippen LogP contribution in [-0.4, -0.2) is 41.7 Å². The van der Waals surface area contributed by atoms with Gasteiger partial charge in [-0.25, -0.2) is 0 Å². The first kappa shape index (κ1) is 15.8. The third kappa shape index (κ3) is 3.96. The summed E-state index contributed by atoms with van der Waals surface area (Å²) in [5.74, 6) is 0.567. The van der Waals surface area contributed by atoms with Gasteiger partial charge >= 0.3 is 0 Å². The number of amides is 1. The predicted octanol–water partition coefficient (Wildman–Crippen LogP) is 2.96. The molecule has 0 saturated heterocycles. The molecule has 0 radical (unpaired) electrons. The second-order valence-electron chi connectivity index (χ2n) is 4.76. The number of halogens is 2. The van der Waals surface area contributed by atoms with Crippen LogP contribution in [0.2, 0.25) is 0 Å². The predicted molar refractivity (Wildman–Crippen MR) is 83.8 cm³/mol. The van der Waals surface area contributed by atoms with Gasteiger partial charge < -0.3 is 14.7 Å². The van der Waals surface area contributed by atoms with Crippen LogP contribution in [0.25, 0.3) is 0 Å². The number of carbonyl (C=O) groups excluding carboxylic acids is 1. The van der Waals surface area contributed by atoms with Crippen LogP contribution in [0.3, 0.4) is 0 Å². The van der Waals surface area contributed by atoms with E-state index in [0.29, 0.717) is 12.3 Å². The number of benzene rings is 1. The van der Waals surface area contributed by atoms with Gasteiger partial charge in [0.2, 0.25) is 0 Å². The smallest absolute Gasteiger partial charge is 0.260 e. The van der Waals surface area contributed by atoms with E-state index in [9.17, 15) is 4.79 Å². The lowest BCUT2D eigenvalue weighted by Gasteiger charge is -2.37. The van der Waals surface area contributed by atoms with Crippen LogP contribution in [0.15, 0.2) is 27.1 Å². The lowest BCUT2D eigenvalue weighted by molar-refractivity contribution is -0.138. The van der Waals surface area contributed by atoms with Crippen molar-refractivity contribution in [2.75, 3.05) is 19.8 Å². The fourth-order valence-electron chi connectivity index (χ4n) is 2.13. The van der Waals surface area contributed by atoms with Crippen molar-refractivity contribution < 1.29 is 14.6 Å². The van der Waals surface area contributed by atoms with E-state index in [1.165, 1.54) is 0 Å². The number of aliphatic hydroxyl groups excluding tert-OH is 1. The fourth-order valence-corrected chi connectivity index (χ4v) is 3.29. The minimum Gasteiger partial charge on any atom is -0.483 e. The standard InChI is InChI=1S/C14H17Br2NO3/c15-10-4-5-13(12(16)8-10)20-9-14(19)17(6-7-18)11-2-1-3-11/h4-5,8,11,18H,1-3,6-7,9H2. The lowest BCUT2D eigenvalue weighted by atomic mass is 9.91. The molecule has 110 valence electrons. The van der Waals surface area contributed by atoms with Crippen molar-refractivity contribution in [2.45, 2.75) is 25.3 Å². The molecule has 0 aromatic heterocycles. The SMILES string of the molecule is O=C(COc1ccc(Br)cc1Br)N(CCO)C1CCC1. The maximum atomic E-state index is 12.2. The molecule has 1 aliphatic carbocycles. The number of aliphatic hydroxyl groups is 1. The average Bonchev–Trinajstić information content (AvgIpc) is 2.34. The Kier molecular flexibility index (Phi) is 5.86. The van der Waals surface area contributed by atoms with Gasteiger partial charge in [0.05, 0.1) is 11.1 Å². The highest BCUT2D eigenvalue weighted by Crippen LogP contribution is 2.29. The Morgan fingerprint density at radius 3 is 2.70 bits per heavy atom. The summed E-state index contributed by atoms with van der Waals surface area (Å²) < 4.78 is 7.31. The van der Waals surface area contributed by atoms with Crippen LogP contribution in [-0.2, 0) is 4.79 Å². The van der Waals surface area contributed by atoms with Gasteiger partial charge in [0.15, 0.2) is 6.61 Å². The van der Waals surface area contributed by atoms with Gasteiger partial charge in [-0.05, 0) is 53.4 Å². The number of rotatable bonds is 6. The van der Waals surface area contributed by atoms with Gasteiger partial charge in [0.25, 0.3) is 5.91 Å². The number of nitrogens with zero attached hydrogens (tertiary/aromatic N) is 1. The average molecular weight is 407 g/mol. The van der Waals surface area contributed by atoms with E-state index in [1.807, 2.05) is 12.1 Å². The van der Waals surface area contributed by atoms with Gasteiger partial charge in [0, 0.05) is 17.1 Å². The zero-order valence-corrected chi connectivity index (χ0v) is 14.2. The maximum Gasteiger partial charge on any atom is 0.260 e. The Balaban J connectivity index is 1.92. The van der Waals surface area contributed by atoms with Gasteiger partial charge in [0.1, 0.15) is 5.75 Å². The highest BCUT2D eigenvalue weighted by molar-refractivity contribution is 9.11. The molecule has 0 aliphatic heterocycles. The van der Waals surface area contributed by atoms with E-state index >= 15 is 0 Å². The minimum atomic E-state index is -0.0708. The Morgan fingerprint density at radius 1 is 1.40 bits per heavy atom. The molecule has 6 heteroatoms. The van der Waals surface area contributed by atoms with Gasteiger partial charge in [-0.1, -0.05) is 15.9 Å². The van der Waals surface area contributed by atoms with Gasteiger partial charge in [-0.3, -0.25) is 4.79 Å². The molecule has 20 heavy (non-hydrogen) atoms. The van der Waals surface area contributed by atoms with Crippen molar-refractivity contribution in [3.63, 3.8) is 0 Å². The second kappa shape index (κ2) is 7.43. The molecule has 0 bridgehead atoms. The molecule has 1 aromatic carbocycles. The molecule has 0 unspecified atom stereocenters. The van der Waals surface area contributed by atoms with Crippen molar-refractivity contribution in [3.8, 4) is 5.75 Å². The molecule has 1 fully saturated rings. The van der Waals surface area contributed by atoms with E-state index in [4.69, 9.17) is 9.84 Å². The van der Waals surface area contributed by atoms with E-state index in [0.717, 1.165) is 28.2 Å². The van der Waals surface area contributed by atoms with Crippen LogP contribution >= 0.6 is 31.9 Å². The third-order valence-electron chi connectivity index (χ3n) is 3.42. The Bertz CT molecular complexity index is 477. The summed E-state index contributed by atoms with van der Waals surface area (Å²) in [6, 6.07) is 5.81. The van der Waals surface area contributed by atoms with Crippen LogP contribution in [0.4, 0.5) is 0 Å². The summed E-state index contributed by atoms with van der Waals surface area (Å²) in [5, 5.41) is 9.07. The van der Waals surface area contributed by atoms with Crippen LogP contribution < -0.4 is 4.74 Å². The molecule has 2 rings (SSSR count). The maximum absolute atomic E-state index is 12.2. The Labute approximate surface area is 135 Å². The Morgan fingerprint density at radius 2 is 2.15 bits per heavy atom. The van der Waals surface area contributed by atoms with Crippen molar-refractivity contribution >= 4 is 37.8 Å². The summed E-state index contributed by atoms with van der Waals surface area (Å²) in [6.07, 6.45) is 3.19. The van der Waals surface area contributed by atoms with E-state index in [1.54, 1.807) is 11.0 Å². The number of ether oxygens (including phenoxy) is 1. The summed E-state index contributed by atoms with van der Waals surface area (Å²) in [6.45, 7) is 0.370. The largest absolute Gasteiger partial charge is 0.483 e. The Hall–Kier alpha value is -0.590. The molecule has 1 aliphatic rings. The van der Waals surface area contributed by atoms with Crippen molar-refractivity contribution in [1.29, 1.82) is 0 Å². The minimum absolute atomic E-state index is 0.00324. The number of carbonyl (C=O) groups is 1. The van der Waals surface area contributed by atoms with Crippen molar-refractivity contribution in [2.24, 2.45) is 0 Å². The summed E-state index contributed by atoms with van der Waals surface area (Å²) in [5.41, 5.74) is 0. The van der Waals surface area contributed by atoms with Gasteiger partial charge in [-0.2, -0.15) is 0 Å². The summed E-state index contributed by atoms with van der Waals surface area (Å²) >= 11 is 6.77. The summed E-state index contributed by atoms with van der Waals surface area (Å²) in [7, 11) is 0. The molecular formula is C14H17Br2NO3. The normalized spacial score (nSPS) is 14.8. The molecule has 0 spiro atoms. The van der Waals surface area contributed by atoms with Crippen LogP contribution in [0, 0.1) is 0 Å². The number of hydrogen-bond donors (Lipinski definition) is 1. The monoisotopic (exact) mass is 405 g/mol. The topological polar surface area (TPSA) is 49.8 Å². The molecule has 4 nitrogen and oxygen atoms in total. The highest BCUT2D eigenvalue weighted by atomic mass is 79.9. The molecule has 1 N–H and O–H groups in total.